The number of ether oxygens (including phenoxy) is 1. The van der Waals surface area contributed by atoms with E-state index in [4.69, 9.17) is 4.74 Å². The van der Waals surface area contributed by atoms with E-state index >= 15 is 0 Å². The molecule has 1 fully saturated rings. The fraction of sp³-hybridized carbons (Fsp3) is 0.706. The monoisotopic (exact) mass is 323 g/mol. The molecule has 1 aromatic heterocycles. The van der Waals surface area contributed by atoms with E-state index in [1.165, 1.54) is 41.9 Å². The zero-order valence-corrected chi connectivity index (χ0v) is 14.7. The third-order valence-electron chi connectivity index (χ3n) is 3.97. The lowest BCUT2D eigenvalue weighted by molar-refractivity contribution is 0.0277. The van der Waals surface area contributed by atoms with Crippen molar-refractivity contribution in [3.05, 3.63) is 21.9 Å². The Kier molecular flexibility index (Phi) is 7.74. The van der Waals surface area contributed by atoms with Crippen LogP contribution < -0.4 is 10.6 Å². The summed E-state index contributed by atoms with van der Waals surface area (Å²) in [5.74, 6) is 0.865. The zero-order valence-electron chi connectivity index (χ0n) is 13.9. The third kappa shape index (κ3) is 6.36. The maximum absolute atomic E-state index is 5.93. The Labute approximate surface area is 138 Å². The van der Waals surface area contributed by atoms with Crippen LogP contribution in [0.3, 0.4) is 0 Å². The lowest BCUT2D eigenvalue weighted by atomic mass is 9.98. The molecule has 1 heterocycles. The second kappa shape index (κ2) is 9.85. The summed E-state index contributed by atoms with van der Waals surface area (Å²) in [6.07, 6.45) is 8.08. The predicted molar refractivity (Wildman–Crippen MR) is 94.7 cm³/mol. The van der Waals surface area contributed by atoms with Gasteiger partial charge in [0.15, 0.2) is 5.96 Å². The average molecular weight is 324 g/mol. The molecule has 124 valence electrons. The van der Waals surface area contributed by atoms with Gasteiger partial charge in [0.1, 0.15) is 0 Å². The molecule has 2 N–H and O–H groups in total. The average Bonchev–Trinajstić information content (AvgIpc) is 2.96. The third-order valence-corrected chi connectivity index (χ3v) is 4.97. The molecule has 0 radical (unpaired) electrons. The van der Waals surface area contributed by atoms with Crippen molar-refractivity contribution in [3.63, 3.8) is 0 Å². The molecule has 1 saturated carbocycles. The number of hydrogen-bond acceptors (Lipinski definition) is 3. The molecule has 0 saturated heterocycles. The largest absolute Gasteiger partial charge is 0.378 e. The van der Waals surface area contributed by atoms with Crippen LogP contribution >= 0.6 is 11.3 Å². The second-order valence-electron chi connectivity index (χ2n) is 5.85. The van der Waals surface area contributed by atoms with E-state index in [-0.39, 0.29) is 0 Å². The quantitative estimate of drug-likeness (QED) is 0.459. The molecule has 0 aromatic carbocycles. The Balaban J connectivity index is 1.54. The van der Waals surface area contributed by atoms with Crippen molar-refractivity contribution in [1.82, 2.24) is 10.6 Å². The number of nitrogens with one attached hydrogen (secondary N) is 2. The maximum Gasteiger partial charge on any atom is 0.191 e. The van der Waals surface area contributed by atoms with Gasteiger partial charge in [0.25, 0.3) is 0 Å². The highest BCUT2D eigenvalue weighted by atomic mass is 32.1. The molecule has 4 nitrogen and oxygen atoms in total. The molecule has 0 bridgehead atoms. The Morgan fingerprint density at radius 1 is 1.27 bits per heavy atom. The van der Waals surface area contributed by atoms with E-state index in [0.29, 0.717) is 6.10 Å². The zero-order chi connectivity index (χ0) is 15.6. The summed E-state index contributed by atoms with van der Waals surface area (Å²) in [6, 6.07) is 4.32. The normalized spacial score (nSPS) is 16.7. The fourth-order valence-corrected chi connectivity index (χ4v) is 3.56. The standard InChI is InChI=1S/C17H29N3OS/c1-14-9-10-16(22-14)13-20-17(18-2)19-11-6-12-21-15-7-4-3-5-8-15/h9-10,15H,3-8,11-13H2,1-2H3,(H2,18,19,20). The van der Waals surface area contributed by atoms with Crippen LogP contribution in [0.4, 0.5) is 0 Å². The van der Waals surface area contributed by atoms with Gasteiger partial charge >= 0.3 is 0 Å². The molecule has 0 atom stereocenters. The SMILES string of the molecule is CN=C(NCCCOC1CCCCC1)NCc1ccc(C)s1. The summed E-state index contributed by atoms with van der Waals surface area (Å²) >= 11 is 1.82. The van der Waals surface area contributed by atoms with Crippen LogP contribution in [0.2, 0.25) is 0 Å². The minimum absolute atomic E-state index is 0.508. The number of guanidine groups is 1. The molecule has 5 heteroatoms. The first-order chi connectivity index (χ1) is 10.8. The van der Waals surface area contributed by atoms with E-state index < -0.39 is 0 Å². The van der Waals surface area contributed by atoms with E-state index in [2.05, 4.69) is 34.7 Å². The van der Waals surface area contributed by atoms with Gasteiger partial charge in [0.2, 0.25) is 0 Å². The molecule has 0 amide bonds. The van der Waals surface area contributed by atoms with E-state index in [1.54, 1.807) is 0 Å². The lowest BCUT2D eigenvalue weighted by Crippen LogP contribution is -2.37. The first-order valence-electron chi connectivity index (χ1n) is 8.39. The van der Waals surface area contributed by atoms with Crippen LogP contribution in [0.1, 0.15) is 48.3 Å². The smallest absolute Gasteiger partial charge is 0.191 e. The summed E-state index contributed by atoms with van der Waals surface area (Å²) in [5.41, 5.74) is 0. The van der Waals surface area contributed by atoms with E-state index in [1.807, 2.05) is 18.4 Å². The number of nitrogens with zero attached hydrogens (tertiary/aromatic N) is 1. The van der Waals surface area contributed by atoms with Crippen molar-refractivity contribution in [2.24, 2.45) is 4.99 Å². The summed E-state index contributed by atoms with van der Waals surface area (Å²) in [6.45, 7) is 4.71. The molecular formula is C17H29N3OS. The summed E-state index contributed by atoms with van der Waals surface area (Å²) in [5, 5.41) is 6.70. The number of hydrogen-bond donors (Lipinski definition) is 2. The lowest BCUT2D eigenvalue weighted by Gasteiger charge is -2.22. The second-order valence-corrected chi connectivity index (χ2v) is 7.22. The molecule has 0 spiro atoms. The van der Waals surface area contributed by atoms with Crippen molar-refractivity contribution in [1.29, 1.82) is 0 Å². The molecule has 0 unspecified atom stereocenters. The highest BCUT2D eigenvalue weighted by Crippen LogP contribution is 2.20. The van der Waals surface area contributed by atoms with Crippen molar-refractivity contribution in [2.45, 2.75) is 58.1 Å². The Bertz CT molecular complexity index is 453. The van der Waals surface area contributed by atoms with Gasteiger partial charge in [-0.15, -0.1) is 11.3 Å². The van der Waals surface area contributed by atoms with Crippen LogP contribution in [0.15, 0.2) is 17.1 Å². The van der Waals surface area contributed by atoms with E-state index in [9.17, 15) is 0 Å². The molecule has 0 aliphatic heterocycles. The molecule has 1 aromatic rings. The van der Waals surface area contributed by atoms with Gasteiger partial charge in [-0.05, 0) is 38.3 Å². The van der Waals surface area contributed by atoms with Gasteiger partial charge in [0, 0.05) is 30.0 Å². The van der Waals surface area contributed by atoms with E-state index in [0.717, 1.165) is 32.1 Å². The van der Waals surface area contributed by atoms with Gasteiger partial charge in [0.05, 0.1) is 12.6 Å². The first-order valence-corrected chi connectivity index (χ1v) is 9.21. The Hall–Kier alpha value is -1.07. The number of aryl methyl sites for hydroxylation is 1. The van der Waals surface area contributed by atoms with Gasteiger partial charge in [-0.2, -0.15) is 0 Å². The number of aliphatic imine (C=N–C) groups is 1. The summed E-state index contributed by atoms with van der Waals surface area (Å²) in [4.78, 5) is 6.94. The highest BCUT2D eigenvalue weighted by molar-refractivity contribution is 7.11. The highest BCUT2D eigenvalue weighted by Gasteiger charge is 2.12. The topological polar surface area (TPSA) is 45.7 Å². The van der Waals surface area contributed by atoms with Crippen LogP contribution in [0.5, 0.6) is 0 Å². The van der Waals surface area contributed by atoms with Gasteiger partial charge in [-0.1, -0.05) is 19.3 Å². The number of rotatable bonds is 7. The van der Waals surface area contributed by atoms with Gasteiger partial charge < -0.3 is 15.4 Å². The Morgan fingerprint density at radius 3 is 2.77 bits per heavy atom. The Morgan fingerprint density at radius 2 is 2.09 bits per heavy atom. The molecular weight excluding hydrogens is 294 g/mol. The van der Waals surface area contributed by atoms with Crippen LogP contribution in [0, 0.1) is 6.92 Å². The minimum atomic E-state index is 0.508. The van der Waals surface area contributed by atoms with Crippen molar-refractivity contribution >= 4 is 17.3 Å². The van der Waals surface area contributed by atoms with Crippen molar-refractivity contribution < 1.29 is 4.74 Å². The maximum atomic E-state index is 5.93. The predicted octanol–water partition coefficient (Wildman–Crippen LogP) is 3.46. The summed E-state index contributed by atoms with van der Waals surface area (Å²) in [7, 11) is 1.81. The van der Waals surface area contributed by atoms with Gasteiger partial charge in [-0.3, -0.25) is 4.99 Å². The molecule has 1 aliphatic rings. The summed E-state index contributed by atoms with van der Waals surface area (Å²) < 4.78 is 5.93. The first kappa shape index (κ1) is 17.3. The van der Waals surface area contributed by atoms with Gasteiger partial charge in [-0.25, -0.2) is 0 Å². The van der Waals surface area contributed by atoms with Crippen LogP contribution in [0.25, 0.3) is 0 Å². The fourth-order valence-electron chi connectivity index (χ4n) is 2.73. The molecule has 2 rings (SSSR count). The molecule has 1 aliphatic carbocycles. The van der Waals surface area contributed by atoms with Crippen LogP contribution in [-0.4, -0.2) is 32.3 Å². The number of thiophene rings is 1. The minimum Gasteiger partial charge on any atom is -0.378 e. The molecule has 22 heavy (non-hydrogen) atoms. The van der Waals surface area contributed by atoms with Crippen molar-refractivity contribution in [2.75, 3.05) is 20.2 Å². The van der Waals surface area contributed by atoms with Crippen LogP contribution in [-0.2, 0) is 11.3 Å². The van der Waals surface area contributed by atoms with Crippen molar-refractivity contribution in [3.8, 4) is 0 Å².